The number of fused-ring (bicyclic) bond motifs is 1. The number of aliphatic imine (C=N–C) groups is 1. The van der Waals surface area contributed by atoms with Gasteiger partial charge >= 0.3 is 5.97 Å². The molecule has 31 heavy (non-hydrogen) atoms. The Kier molecular flexibility index (Phi) is 6.01. The topological polar surface area (TPSA) is 59.0 Å². The van der Waals surface area contributed by atoms with Gasteiger partial charge in [0.15, 0.2) is 5.17 Å². The molecule has 0 radical (unpaired) electrons. The zero-order valence-electron chi connectivity index (χ0n) is 18.2. The molecule has 6 heteroatoms. The first-order chi connectivity index (χ1) is 14.9. The van der Waals surface area contributed by atoms with Crippen molar-refractivity contribution in [1.82, 2.24) is 4.90 Å². The molecule has 2 aromatic carbocycles. The number of hydrogen-bond donors (Lipinski definition) is 0. The summed E-state index contributed by atoms with van der Waals surface area (Å²) in [5, 5.41) is 0.413. The molecule has 0 aromatic heterocycles. The van der Waals surface area contributed by atoms with Crippen LogP contribution in [0.1, 0.15) is 56.3 Å². The molecule has 2 heterocycles. The van der Waals surface area contributed by atoms with Crippen molar-refractivity contribution in [3.8, 4) is 0 Å². The van der Waals surface area contributed by atoms with E-state index in [0.717, 1.165) is 11.1 Å². The molecule has 1 amide bonds. The third-order valence-electron chi connectivity index (χ3n) is 5.61. The molecule has 0 saturated carbocycles. The number of thioether (sulfide) groups is 1. The summed E-state index contributed by atoms with van der Waals surface area (Å²) in [6, 6.07) is 17.1. The molecule has 160 valence electrons. The minimum Gasteiger partial charge on any atom is -0.457 e. The third kappa shape index (κ3) is 4.17. The van der Waals surface area contributed by atoms with Crippen LogP contribution in [0.5, 0.6) is 0 Å². The summed E-state index contributed by atoms with van der Waals surface area (Å²) in [7, 11) is 0. The standard InChI is InChI=1S/C25H26N2O3S/c1-15(2)19-10-12-20(13-11-19)22-21(24(29)30-14-18-8-6-5-7-9-18)16(3)26-25-27(22)23(28)17(4)31-25/h5-13,15,17,22H,14H2,1-4H3/t17-,22+/m1/s1. The van der Waals surface area contributed by atoms with Crippen molar-refractivity contribution in [2.75, 3.05) is 0 Å². The smallest absolute Gasteiger partial charge is 0.338 e. The van der Waals surface area contributed by atoms with E-state index in [-0.39, 0.29) is 17.8 Å². The summed E-state index contributed by atoms with van der Waals surface area (Å²) >= 11 is 1.43. The van der Waals surface area contributed by atoms with E-state index in [4.69, 9.17) is 4.74 Å². The van der Waals surface area contributed by atoms with Gasteiger partial charge in [-0.2, -0.15) is 0 Å². The Labute approximate surface area is 187 Å². The number of amides is 1. The second-order valence-electron chi connectivity index (χ2n) is 8.15. The van der Waals surface area contributed by atoms with Gasteiger partial charge in [0.2, 0.25) is 5.91 Å². The van der Waals surface area contributed by atoms with E-state index >= 15 is 0 Å². The fourth-order valence-electron chi connectivity index (χ4n) is 3.84. The number of benzene rings is 2. The first-order valence-corrected chi connectivity index (χ1v) is 11.3. The lowest BCUT2D eigenvalue weighted by Gasteiger charge is -2.33. The van der Waals surface area contributed by atoms with E-state index in [1.54, 1.807) is 4.90 Å². The average Bonchev–Trinajstić information content (AvgIpc) is 3.05. The quantitative estimate of drug-likeness (QED) is 0.607. The zero-order valence-corrected chi connectivity index (χ0v) is 19.0. The van der Waals surface area contributed by atoms with Crippen LogP contribution in [0.25, 0.3) is 0 Å². The number of allylic oxidation sites excluding steroid dienone is 1. The van der Waals surface area contributed by atoms with Crippen LogP contribution >= 0.6 is 11.8 Å². The number of esters is 1. The molecule has 2 aliphatic rings. The number of hydrogen-bond acceptors (Lipinski definition) is 5. The lowest BCUT2D eigenvalue weighted by molar-refractivity contribution is -0.141. The largest absolute Gasteiger partial charge is 0.457 e. The second-order valence-corrected chi connectivity index (χ2v) is 9.46. The minimum atomic E-state index is -0.540. The normalized spacial score (nSPS) is 20.7. The maximum absolute atomic E-state index is 13.2. The highest BCUT2D eigenvalue weighted by Crippen LogP contribution is 2.43. The van der Waals surface area contributed by atoms with Crippen LogP contribution in [0.15, 0.2) is 70.9 Å². The van der Waals surface area contributed by atoms with Gasteiger partial charge in [-0.1, -0.05) is 80.2 Å². The Bertz CT molecular complexity index is 1060. The number of carbonyl (C=O) groups excluding carboxylic acids is 2. The Balaban J connectivity index is 1.70. The monoisotopic (exact) mass is 434 g/mol. The molecular weight excluding hydrogens is 408 g/mol. The van der Waals surface area contributed by atoms with Crippen LogP contribution in [-0.2, 0) is 20.9 Å². The lowest BCUT2D eigenvalue weighted by Crippen LogP contribution is -2.40. The summed E-state index contributed by atoms with van der Waals surface area (Å²) < 4.78 is 5.65. The molecule has 2 aliphatic heterocycles. The highest BCUT2D eigenvalue weighted by molar-refractivity contribution is 8.15. The van der Waals surface area contributed by atoms with Crippen molar-refractivity contribution in [3.05, 3.63) is 82.6 Å². The van der Waals surface area contributed by atoms with E-state index < -0.39 is 12.0 Å². The maximum atomic E-state index is 13.2. The van der Waals surface area contributed by atoms with Crippen LogP contribution in [0.3, 0.4) is 0 Å². The number of nitrogens with zero attached hydrogens (tertiary/aromatic N) is 2. The summed E-state index contributed by atoms with van der Waals surface area (Å²) in [5.41, 5.74) is 4.01. The summed E-state index contributed by atoms with van der Waals surface area (Å²) in [6.45, 7) is 8.13. The van der Waals surface area contributed by atoms with Gasteiger partial charge in [0.1, 0.15) is 6.61 Å². The Morgan fingerprint density at radius 1 is 1.13 bits per heavy atom. The van der Waals surface area contributed by atoms with Crippen molar-refractivity contribution < 1.29 is 14.3 Å². The van der Waals surface area contributed by atoms with E-state index in [1.165, 1.54) is 17.3 Å². The molecule has 0 N–H and O–H groups in total. The van der Waals surface area contributed by atoms with Crippen molar-refractivity contribution in [2.24, 2.45) is 4.99 Å². The SMILES string of the molecule is CC1=C(C(=O)OCc2ccccc2)[C@H](c2ccc(C(C)C)cc2)N2C(=O)[C@@H](C)SC2=N1. The fourth-order valence-corrected chi connectivity index (χ4v) is 4.87. The molecular formula is C25H26N2O3S. The first kappa shape index (κ1) is 21.4. The Morgan fingerprint density at radius 2 is 1.81 bits per heavy atom. The minimum absolute atomic E-state index is 0.0393. The molecule has 0 aliphatic carbocycles. The predicted molar refractivity (Wildman–Crippen MR) is 124 cm³/mol. The molecule has 5 nitrogen and oxygen atoms in total. The first-order valence-electron chi connectivity index (χ1n) is 10.5. The van der Waals surface area contributed by atoms with Gasteiger partial charge in [0, 0.05) is 0 Å². The third-order valence-corrected chi connectivity index (χ3v) is 6.66. The lowest BCUT2D eigenvalue weighted by atomic mass is 9.92. The Morgan fingerprint density at radius 3 is 2.45 bits per heavy atom. The molecule has 4 rings (SSSR count). The van der Waals surface area contributed by atoms with E-state index in [1.807, 2.05) is 56.3 Å². The van der Waals surface area contributed by atoms with Gasteiger partial charge in [-0.05, 0) is 36.5 Å². The van der Waals surface area contributed by atoms with Gasteiger partial charge in [-0.15, -0.1) is 0 Å². The van der Waals surface area contributed by atoms with Crippen molar-refractivity contribution in [1.29, 1.82) is 0 Å². The molecule has 2 atom stereocenters. The van der Waals surface area contributed by atoms with E-state index in [9.17, 15) is 9.59 Å². The highest BCUT2D eigenvalue weighted by atomic mass is 32.2. The van der Waals surface area contributed by atoms with Crippen LogP contribution in [0.2, 0.25) is 0 Å². The molecule has 1 fully saturated rings. The average molecular weight is 435 g/mol. The number of rotatable bonds is 5. The van der Waals surface area contributed by atoms with Gasteiger partial charge in [-0.3, -0.25) is 9.69 Å². The molecule has 0 unspecified atom stereocenters. The van der Waals surface area contributed by atoms with Crippen LogP contribution in [0, 0.1) is 0 Å². The van der Waals surface area contributed by atoms with Crippen molar-refractivity contribution in [3.63, 3.8) is 0 Å². The Hall–Kier alpha value is -2.86. The van der Waals surface area contributed by atoms with Gasteiger partial charge < -0.3 is 4.74 Å². The van der Waals surface area contributed by atoms with Crippen LogP contribution in [0.4, 0.5) is 0 Å². The molecule has 2 aromatic rings. The zero-order chi connectivity index (χ0) is 22.1. The van der Waals surface area contributed by atoms with Gasteiger partial charge in [-0.25, -0.2) is 9.79 Å². The van der Waals surface area contributed by atoms with Crippen LogP contribution in [-0.4, -0.2) is 27.2 Å². The summed E-state index contributed by atoms with van der Waals surface area (Å²) in [4.78, 5) is 32.5. The fraction of sp³-hybridized carbons (Fsp3) is 0.320. The predicted octanol–water partition coefficient (Wildman–Crippen LogP) is 5.20. The summed E-state index contributed by atoms with van der Waals surface area (Å²) in [5.74, 6) is -0.0869. The van der Waals surface area contributed by atoms with Gasteiger partial charge in [0.25, 0.3) is 0 Å². The summed E-state index contributed by atoms with van der Waals surface area (Å²) in [6.07, 6.45) is 0. The van der Waals surface area contributed by atoms with E-state index in [0.29, 0.717) is 22.4 Å². The van der Waals surface area contributed by atoms with Gasteiger partial charge in [0.05, 0.1) is 22.6 Å². The van der Waals surface area contributed by atoms with Crippen LogP contribution < -0.4 is 0 Å². The number of carbonyl (C=O) groups is 2. The van der Waals surface area contributed by atoms with E-state index in [2.05, 4.69) is 31.0 Å². The molecule has 0 spiro atoms. The maximum Gasteiger partial charge on any atom is 0.338 e. The molecule has 0 bridgehead atoms. The second kappa shape index (κ2) is 8.71. The van der Waals surface area contributed by atoms with Crippen molar-refractivity contribution in [2.45, 2.75) is 51.5 Å². The number of amidine groups is 1. The number of ether oxygens (including phenoxy) is 1. The van der Waals surface area contributed by atoms with Crippen molar-refractivity contribution >= 4 is 28.8 Å². The molecule has 1 saturated heterocycles. The highest BCUT2D eigenvalue weighted by Gasteiger charge is 2.46.